The lowest BCUT2D eigenvalue weighted by Crippen LogP contribution is -2.38. The molecule has 0 aliphatic carbocycles. The van der Waals surface area contributed by atoms with E-state index in [-0.39, 0.29) is 11.8 Å². The molecule has 1 fully saturated rings. The van der Waals surface area contributed by atoms with Crippen molar-refractivity contribution >= 4 is 34.7 Å². The predicted octanol–water partition coefficient (Wildman–Crippen LogP) is 4.97. The Morgan fingerprint density at radius 2 is 1.59 bits per heavy atom. The van der Waals surface area contributed by atoms with Crippen LogP contribution in [0.3, 0.4) is 0 Å². The molecule has 4 rings (SSSR count). The van der Waals surface area contributed by atoms with Crippen molar-refractivity contribution in [1.82, 2.24) is 4.90 Å². The molecule has 2 aliphatic heterocycles. The van der Waals surface area contributed by atoms with E-state index in [0.717, 1.165) is 42.6 Å². The summed E-state index contributed by atoms with van der Waals surface area (Å²) < 4.78 is 0. The minimum Gasteiger partial charge on any atom is -0.366 e. The van der Waals surface area contributed by atoms with Gasteiger partial charge in [0.05, 0.1) is 11.3 Å². The van der Waals surface area contributed by atoms with E-state index in [9.17, 15) is 9.59 Å². The molecule has 2 aromatic carbocycles. The van der Waals surface area contributed by atoms with Gasteiger partial charge in [0.15, 0.2) is 0 Å². The van der Waals surface area contributed by atoms with Crippen LogP contribution in [0.1, 0.15) is 36.5 Å². The van der Waals surface area contributed by atoms with E-state index in [0.29, 0.717) is 27.9 Å². The van der Waals surface area contributed by atoms with Crippen molar-refractivity contribution in [3.63, 3.8) is 0 Å². The highest BCUT2D eigenvalue weighted by Crippen LogP contribution is 2.37. The number of hydrogen-bond donors (Lipinski definition) is 0. The maximum Gasteiger partial charge on any atom is 0.282 e. The van der Waals surface area contributed by atoms with Gasteiger partial charge in [-0.15, -0.1) is 0 Å². The number of anilines is 1. The number of halogens is 1. The number of piperidine rings is 1. The van der Waals surface area contributed by atoms with Crippen LogP contribution >= 0.6 is 11.6 Å². The first-order valence-electron chi connectivity index (χ1n) is 10.1. The first-order chi connectivity index (χ1) is 13.9. The molecule has 0 bridgehead atoms. The molecule has 0 radical (unpaired) electrons. The van der Waals surface area contributed by atoms with E-state index < -0.39 is 0 Å². The van der Waals surface area contributed by atoms with Crippen molar-refractivity contribution in [2.24, 2.45) is 5.92 Å². The van der Waals surface area contributed by atoms with E-state index in [1.165, 1.54) is 4.90 Å². The number of imide groups is 1. The van der Waals surface area contributed by atoms with Crippen LogP contribution in [0.15, 0.2) is 48.2 Å². The molecule has 0 atom stereocenters. The number of benzene rings is 2. The van der Waals surface area contributed by atoms with Crippen molar-refractivity contribution in [3.05, 3.63) is 69.9 Å². The first kappa shape index (κ1) is 19.7. The highest BCUT2D eigenvalue weighted by atomic mass is 35.5. The van der Waals surface area contributed by atoms with Crippen LogP contribution in [-0.4, -0.2) is 29.8 Å². The second kappa shape index (κ2) is 7.68. The summed E-state index contributed by atoms with van der Waals surface area (Å²) >= 11 is 6.29. The van der Waals surface area contributed by atoms with Gasteiger partial charge in [-0.3, -0.25) is 9.59 Å². The molecule has 5 heteroatoms. The maximum absolute atomic E-state index is 13.5. The Kier molecular flexibility index (Phi) is 5.22. The topological polar surface area (TPSA) is 40.6 Å². The van der Waals surface area contributed by atoms with Crippen molar-refractivity contribution in [2.75, 3.05) is 18.0 Å². The number of carbonyl (C=O) groups excluding carboxylic acids is 2. The quantitative estimate of drug-likeness (QED) is 0.673. The Bertz CT molecular complexity index is 1000. The van der Waals surface area contributed by atoms with Gasteiger partial charge in [-0.1, -0.05) is 54.4 Å². The molecule has 2 aliphatic rings. The monoisotopic (exact) mass is 408 g/mol. The second-order valence-corrected chi connectivity index (χ2v) is 8.55. The minimum absolute atomic E-state index is 0.264. The normalized spacial score (nSPS) is 18.2. The van der Waals surface area contributed by atoms with Gasteiger partial charge in [-0.05, 0) is 55.9 Å². The third-order valence-corrected chi connectivity index (χ3v) is 6.32. The number of rotatable bonds is 3. The first-order valence-corrected chi connectivity index (χ1v) is 10.5. The number of aryl methyl sites for hydroxylation is 2. The van der Waals surface area contributed by atoms with Crippen molar-refractivity contribution in [3.8, 4) is 0 Å². The molecule has 2 aromatic rings. The van der Waals surface area contributed by atoms with Gasteiger partial charge >= 0.3 is 0 Å². The van der Waals surface area contributed by atoms with Gasteiger partial charge in [-0.25, -0.2) is 4.90 Å². The van der Waals surface area contributed by atoms with Crippen LogP contribution in [-0.2, 0) is 9.59 Å². The number of likely N-dealkylation sites (tertiary alicyclic amines) is 1. The predicted molar refractivity (Wildman–Crippen MR) is 117 cm³/mol. The summed E-state index contributed by atoms with van der Waals surface area (Å²) in [7, 11) is 0. The Hall–Kier alpha value is -2.59. The zero-order valence-electron chi connectivity index (χ0n) is 17.0. The fraction of sp³-hybridized carbons (Fsp3) is 0.333. The molecule has 0 N–H and O–H groups in total. The average Bonchev–Trinajstić information content (AvgIpc) is 2.96. The van der Waals surface area contributed by atoms with Gasteiger partial charge < -0.3 is 4.90 Å². The number of nitrogens with zero attached hydrogens (tertiary/aromatic N) is 2. The van der Waals surface area contributed by atoms with Crippen LogP contribution in [0, 0.1) is 19.8 Å². The molecule has 29 heavy (non-hydrogen) atoms. The molecule has 0 saturated carbocycles. The van der Waals surface area contributed by atoms with Crippen molar-refractivity contribution < 1.29 is 9.59 Å². The minimum atomic E-state index is -0.285. The van der Waals surface area contributed by atoms with Crippen LogP contribution in [0.4, 0.5) is 5.69 Å². The largest absolute Gasteiger partial charge is 0.366 e. The molecule has 2 heterocycles. The molecule has 2 amide bonds. The van der Waals surface area contributed by atoms with Crippen molar-refractivity contribution in [2.45, 2.75) is 33.6 Å². The SMILES string of the molecule is Cc1ccc(C2=C(N3CCC(C)CC3)C(=O)N(c3ccc(C)c(Cl)c3)C2=O)cc1. The lowest BCUT2D eigenvalue weighted by molar-refractivity contribution is -0.120. The fourth-order valence-corrected chi connectivity index (χ4v) is 4.15. The van der Waals surface area contributed by atoms with E-state index >= 15 is 0 Å². The highest BCUT2D eigenvalue weighted by molar-refractivity contribution is 6.45. The van der Waals surface area contributed by atoms with Crippen LogP contribution in [0.25, 0.3) is 5.57 Å². The lowest BCUT2D eigenvalue weighted by atomic mass is 9.97. The number of amides is 2. The highest BCUT2D eigenvalue weighted by Gasteiger charge is 2.43. The molecule has 150 valence electrons. The smallest absolute Gasteiger partial charge is 0.282 e. The summed E-state index contributed by atoms with van der Waals surface area (Å²) in [5, 5.41) is 0.542. The van der Waals surface area contributed by atoms with Gasteiger partial charge in [0.2, 0.25) is 0 Å². The Labute approximate surface area is 176 Å². The number of hydrogen-bond acceptors (Lipinski definition) is 3. The van der Waals surface area contributed by atoms with Crippen LogP contribution in [0.5, 0.6) is 0 Å². The zero-order valence-corrected chi connectivity index (χ0v) is 17.8. The molecule has 0 spiro atoms. The van der Waals surface area contributed by atoms with Crippen LogP contribution in [0.2, 0.25) is 5.02 Å². The average molecular weight is 409 g/mol. The van der Waals surface area contributed by atoms with Gasteiger partial charge in [0.1, 0.15) is 5.70 Å². The third-order valence-electron chi connectivity index (χ3n) is 5.91. The number of carbonyl (C=O) groups is 2. The second-order valence-electron chi connectivity index (χ2n) is 8.14. The molecule has 1 saturated heterocycles. The Morgan fingerprint density at radius 3 is 2.21 bits per heavy atom. The summed E-state index contributed by atoms with van der Waals surface area (Å²) in [6.07, 6.45) is 2.03. The Morgan fingerprint density at radius 1 is 0.931 bits per heavy atom. The maximum atomic E-state index is 13.5. The molecular weight excluding hydrogens is 384 g/mol. The summed E-state index contributed by atoms with van der Waals surface area (Å²) in [5.74, 6) is 0.0846. The Balaban J connectivity index is 1.81. The standard InChI is InChI=1S/C24H25ClN2O2/c1-15-4-7-18(8-5-15)21-22(26-12-10-16(2)11-13-26)24(29)27(23(21)28)19-9-6-17(3)20(25)14-19/h4-9,14,16H,10-13H2,1-3H3. The zero-order chi connectivity index (χ0) is 20.7. The third kappa shape index (κ3) is 3.58. The lowest BCUT2D eigenvalue weighted by Gasteiger charge is -2.32. The van der Waals surface area contributed by atoms with Gasteiger partial charge in [-0.2, -0.15) is 0 Å². The van der Waals surface area contributed by atoms with Gasteiger partial charge in [0.25, 0.3) is 11.8 Å². The molecule has 0 aromatic heterocycles. The van der Waals surface area contributed by atoms with E-state index in [1.807, 2.05) is 44.2 Å². The van der Waals surface area contributed by atoms with E-state index in [1.54, 1.807) is 12.1 Å². The summed E-state index contributed by atoms with van der Waals surface area (Å²) in [6.45, 7) is 7.71. The van der Waals surface area contributed by atoms with E-state index in [2.05, 4.69) is 11.8 Å². The van der Waals surface area contributed by atoms with Crippen LogP contribution < -0.4 is 4.90 Å². The summed E-state index contributed by atoms with van der Waals surface area (Å²) in [4.78, 5) is 30.4. The molecular formula is C24H25ClN2O2. The molecule has 0 unspecified atom stereocenters. The molecule has 4 nitrogen and oxygen atoms in total. The van der Waals surface area contributed by atoms with Gasteiger partial charge in [0, 0.05) is 18.1 Å². The summed E-state index contributed by atoms with van der Waals surface area (Å²) in [5.41, 5.74) is 4.32. The summed E-state index contributed by atoms with van der Waals surface area (Å²) in [6, 6.07) is 13.1. The van der Waals surface area contributed by atoms with E-state index in [4.69, 9.17) is 11.6 Å². The van der Waals surface area contributed by atoms with Crippen molar-refractivity contribution in [1.29, 1.82) is 0 Å². The fourth-order valence-electron chi connectivity index (χ4n) is 3.98.